The first-order valence-corrected chi connectivity index (χ1v) is 7.05. The van der Waals surface area contributed by atoms with Crippen LogP contribution in [0, 0.1) is 0 Å². The van der Waals surface area contributed by atoms with Gasteiger partial charge >= 0.3 is 0 Å². The highest BCUT2D eigenvalue weighted by Gasteiger charge is 2.02. The molecule has 3 aromatic carbocycles. The van der Waals surface area contributed by atoms with Crippen molar-refractivity contribution < 1.29 is 0 Å². The minimum atomic E-state index is 0.688. The quantitative estimate of drug-likeness (QED) is 0.583. The van der Waals surface area contributed by atoms with Crippen LogP contribution in [0.2, 0.25) is 0 Å². The average molecular weight is 273 g/mol. The van der Waals surface area contributed by atoms with Crippen LogP contribution in [0.15, 0.2) is 66.7 Å². The lowest BCUT2D eigenvalue weighted by atomic mass is 10.1. The van der Waals surface area contributed by atoms with Gasteiger partial charge in [-0.1, -0.05) is 42.5 Å². The molecule has 102 valence electrons. The summed E-state index contributed by atoms with van der Waals surface area (Å²) < 4.78 is 0. The Hall–Kier alpha value is -2.81. The van der Waals surface area contributed by atoms with Crippen molar-refractivity contribution in [2.75, 3.05) is 5.32 Å². The smallest absolute Gasteiger partial charge is 0.126 e. The molecule has 4 rings (SSSR count). The zero-order valence-electron chi connectivity index (χ0n) is 11.5. The number of imidazole rings is 1. The first kappa shape index (κ1) is 12.0. The van der Waals surface area contributed by atoms with Gasteiger partial charge in [0, 0.05) is 5.69 Å². The van der Waals surface area contributed by atoms with Gasteiger partial charge in [-0.25, -0.2) is 4.98 Å². The molecule has 0 atom stereocenters. The van der Waals surface area contributed by atoms with Gasteiger partial charge in [-0.15, -0.1) is 0 Å². The molecule has 0 radical (unpaired) electrons. The number of para-hydroxylation sites is 2. The van der Waals surface area contributed by atoms with E-state index in [1.165, 1.54) is 10.8 Å². The minimum absolute atomic E-state index is 0.688. The Labute approximate surface area is 122 Å². The second kappa shape index (κ2) is 4.94. The molecule has 0 bridgehead atoms. The summed E-state index contributed by atoms with van der Waals surface area (Å²) in [4.78, 5) is 7.90. The molecule has 0 saturated heterocycles. The molecule has 2 N–H and O–H groups in total. The van der Waals surface area contributed by atoms with Crippen molar-refractivity contribution in [3.05, 3.63) is 72.6 Å². The number of H-pyrrole nitrogens is 1. The van der Waals surface area contributed by atoms with Crippen LogP contribution in [0.25, 0.3) is 21.8 Å². The number of hydrogen-bond donors (Lipinski definition) is 2. The molecule has 1 heterocycles. The van der Waals surface area contributed by atoms with Gasteiger partial charge in [-0.3, -0.25) is 0 Å². The molecule has 3 heteroatoms. The van der Waals surface area contributed by atoms with E-state index in [-0.39, 0.29) is 0 Å². The summed E-state index contributed by atoms with van der Waals surface area (Å²) in [5.41, 5.74) is 3.19. The molecule has 0 fully saturated rings. The zero-order chi connectivity index (χ0) is 14.1. The maximum atomic E-state index is 4.57. The van der Waals surface area contributed by atoms with Crippen molar-refractivity contribution in [1.29, 1.82) is 0 Å². The summed E-state index contributed by atoms with van der Waals surface area (Å²) >= 11 is 0. The molecule has 0 saturated carbocycles. The summed E-state index contributed by atoms with van der Waals surface area (Å²) in [6, 6.07) is 22.9. The van der Waals surface area contributed by atoms with Crippen LogP contribution in [-0.4, -0.2) is 9.97 Å². The number of rotatable bonds is 3. The lowest BCUT2D eigenvalue weighted by Crippen LogP contribution is -2.00. The van der Waals surface area contributed by atoms with Gasteiger partial charge in [-0.05, 0) is 35.0 Å². The van der Waals surface area contributed by atoms with Gasteiger partial charge in [0.15, 0.2) is 0 Å². The summed E-state index contributed by atoms with van der Waals surface area (Å²) in [5, 5.41) is 5.92. The molecule has 3 nitrogen and oxygen atoms in total. The van der Waals surface area contributed by atoms with Crippen molar-refractivity contribution in [2.45, 2.75) is 6.54 Å². The number of aromatic nitrogens is 2. The Bertz CT molecular complexity index is 875. The maximum Gasteiger partial charge on any atom is 0.126 e. The molecule has 0 spiro atoms. The number of aromatic amines is 1. The largest absolute Gasteiger partial charge is 0.378 e. The SMILES string of the molecule is c1ccc2cc(NCc3nc4ccccc4[nH]3)ccc2c1. The molecule has 0 amide bonds. The van der Waals surface area contributed by atoms with Gasteiger partial charge in [0.1, 0.15) is 5.82 Å². The van der Waals surface area contributed by atoms with Gasteiger partial charge in [-0.2, -0.15) is 0 Å². The Morgan fingerprint density at radius 1 is 0.857 bits per heavy atom. The minimum Gasteiger partial charge on any atom is -0.378 e. The third-order valence-electron chi connectivity index (χ3n) is 3.65. The highest BCUT2D eigenvalue weighted by Crippen LogP contribution is 2.19. The average Bonchev–Trinajstić information content (AvgIpc) is 2.95. The number of nitrogens with one attached hydrogen (secondary N) is 2. The Kier molecular flexibility index (Phi) is 2.82. The molecule has 1 aromatic heterocycles. The van der Waals surface area contributed by atoms with Crippen molar-refractivity contribution in [2.24, 2.45) is 0 Å². The molecular weight excluding hydrogens is 258 g/mol. The van der Waals surface area contributed by atoms with E-state index in [1.807, 2.05) is 24.3 Å². The first-order chi connectivity index (χ1) is 10.4. The molecule has 0 aliphatic carbocycles. The van der Waals surface area contributed by atoms with Gasteiger partial charge in [0.2, 0.25) is 0 Å². The van der Waals surface area contributed by atoms with Gasteiger partial charge < -0.3 is 10.3 Å². The lowest BCUT2D eigenvalue weighted by Gasteiger charge is -2.06. The van der Waals surface area contributed by atoms with E-state index in [1.54, 1.807) is 0 Å². The molecule has 0 aliphatic heterocycles. The summed E-state index contributed by atoms with van der Waals surface area (Å²) in [6.45, 7) is 0.688. The fourth-order valence-electron chi connectivity index (χ4n) is 2.57. The summed E-state index contributed by atoms with van der Waals surface area (Å²) in [5.74, 6) is 0.948. The number of nitrogens with zero attached hydrogens (tertiary/aromatic N) is 1. The lowest BCUT2D eigenvalue weighted by molar-refractivity contribution is 1.01. The molecule has 21 heavy (non-hydrogen) atoms. The fraction of sp³-hybridized carbons (Fsp3) is 0.0556. The van der Waals surface area contributed by atoms with E-state index in [2.05, 4.69) is 57.7 Å². The third-order valence-corrected chi connectivity index (χ3v) is 3.65. The van der Waals surface area contributed by atoms with E-state index in [4.69, 9.17) is 0 Å². The van der Waals surface area contributed by atoms with Crippen molar-refractivity contribution in [1.82, 2.24) is 9.97 Å². The monoisotopic (exact) mass is 273 g/mol. The normalized spacial score (nSPS) is 11.0. The van der Waals surface area contributed by atoms with Crippen LogP contribution in [0.3, 0.4) is 0 Å². The highest BCUT2D eigenvalue weighted by atomic mass is 15.0. The molecular formula is C18H15N3. The van der Waals surface area contributed by atoms with Crippen molar-refractivity contribution in [3.63, 3.8) is 0 Å². The van der Waals surface area contributed by atoms with Crippen LogP contribution in [-0.2, 0) is 6.54 Å². The number of benzene rings is 3. The molecule has 0 aliphatic rings. The molecule has 0 unspecified atom stereocenters. The van der Waals surface area contributed by atoms with E-state index < -0.39 is 0 Å². The predicted molar refractivity (Wildman–Crippen MR) is 87.4 cm³/mol. The van der Waals surface area contributed by atoms with E-state index in [0.717, 1.165) is 22.5 Å². The van der Waals surface area contributed by atoms with Gasteiger partial charge in [0.05, 0.1) is 17.6 Å². The van der Waals surface area contributed by atoms with Crippen LogP contribution in [0.1, 0.15) is 5.82 Å². The maximum absolute atomic E-state index is 4.57. The number of hydrogen-bond acceptors (Lipinski definition) is 2. The second-order valence-electron chi connectivity index (χ2n) is 5.12. The Morgan fingerprint density at radius 2 is 1.67 bits per heavy atom. The second-order valence-corrected chi connectivity index (χ2v) is 5.12. The summed E-state index contributed by atoms with van der Waals surface area (Å²) in [7, 11) is 0. The number of fused-ring (bicyclic) bond motifs is 2. The van der Waals surface area contributed by atoms with Crippen molar-refractivity contribution >= 4 is 27.5 Å². The van der Waals surface area contributed by atoms with Gasteiger partial charge in [0.25, 0.3) is 0 Å². The zero-order valence-corrected chi connectivity index (χ0v) is 11.5. The van der Waals surface area contributed by atoms with Crippen LogP contribution in [0.4, 0.5) is 5.69 Å². The van der Waals surface area contributed by atoms with E-state index >= 15 is 0 Å². The van der Waals surface area contributed by atoms with Crippen molar-refractivity contribution in [3.8, 4) is 0 Å². The van der Waals surface area contributed by atoms with Crippen LogP contribution in [0.5, 0.6) is 0 Å². The van der Waals surface area contributed by atoms with Crippen LogP contribution < -0.4 is 5.32 Å². The number of anilines is 1. The topological polar surface area (TPSA) is 40.7 Å². The predicted octanol–water partition coefficient (Wildman–Crippen LogP) is 4.33. The Balaban J connectivity index is 1.57. The fourth-order valence-corrected chi connectivity index (χ4v) is 2.57. The highest BCUT2D eigenvalue weighted by molar-refractivity contribution is 5.85. The third kappa shape index (κ3) is 2.34. The molecule has 4 aromatic rings. The summed E-state index contributed by atoms with van der Waals surface area (Å²) in [6.07, 6.45) is 0. The van der Waals surface area contributed by atoms with E-state index in [9.17, 15) is 0 Å². The first-order valence-electron chi connectivity index (χ1n) is 7.05. The Morgan fingerprint density at radius 3 is 2.57 bits per heavy atom. The van der Waals surface area contributed by atoms with Crippen LogP contribution >= 0.6 is 0 Å². The van der Waals surface area contributed by atoms with E-state index in [0.29, 0.717) is 6.54 Å². The standard InChI is InChI=1S/C18H15N3/c1-2-6-14-11-15(10-9-13(14)5-1)19-12-18-20-16-7-3-4-8-17(16)21-18/h1-11,19H,12H2,(H,20,21).